The molecule has 0 amide bonds. The second kappa shape index (κ2) is 7.64. The van der Waals surface area contributed by atoms with Gasteiger partial charge in [-0.15, -0.1) is 0 Å². The third-order valence-corrected chi connectivity index (χ3v) is 4.66. The second-order valence-electron chi connectivity index (χ2n) is 6.52. The number of hydrogen-bond acceptors (Lipinski definition) is 5. The molecule has 2 aromatic rings. The number of fused-ring (bicyclic) bond motifs is 1. The van der Waals surface area contributed by atoms with Gasteiger partial charge in [0.15, 0.2) is 12.4 Å². The molecule has 1 aromatic heterocycles. The van der Waals surface area contributed by atoms with Gasteiger partial charge in [-0.1, -0.05) is 12.1 Å². The summed E-state index contributed by atoms with van der Waals surface area (Å²) in [7, 11) is 0. The molecular weight excluding hydrogens is 318 g/mol. The van der Waals surface area contributed by atoms with Crippen molar-refractivity contribution in [2.24, 2.45) is 0 Å². The van der Waals surface area contributed by atoms with E-state index in [4.69, 9.17) is 9.15 Å². The number of carbonyl (C=O) groups is 2. The Hall–Kier alpha value is -2.43. The van der Waals surface area contributed by atoms with E-state index in [-0.39, 0.29) is 25.2 Å². The molecule has 5 nitrogen and oxygen atoms in total. The monoisotopic (exact) mass is 341 g/mol. The number of aromatic nitrogens is 1. The van der Waals surface area contributed by atoms with Gasteiger partial charge < -0.3 is 9.15 Å². The fraction of sp³-hybridized carbons (Fsp3) is 0.450. The van der Waals surface area contributed by atoms with Crippen LogP contribution in [0.15, 0.2) is 22.6 Å². The SMILES string of the molecule is Cc1nc(COC(=O)CCC(=O)c2ccc3c(c2)CCCC3)oc1C. The molecule has 1 aliphatic rings. The number of esters is 1. The lowest BCUT2D eigenvalue weighted by Crippen LogP contribution is -2.10. The van der Waals surface area contributed by atoms with E-state index in [0.717, 1.165) is 18.5 Å². The van der Waals surface area contributed by atoms with Crippen molar-refractivity contribution in [3.05, 3.63) is 52.2 Å². The van der Waals surface area contributed by atoms with E-state index < -0.39 is 5.97 Å². The first-order chi connectivity index (χ1) is 12.0. The fourth-order valence-electron chi connectivity index (χ4n) is 3.08. The molecule has 0 atom stereocenters. The van der Waals surface area contributed by atoms with Crippen molar-refractivity contribution in [1.82, 2.24) is 4.98 Å². The summed E-state index contributed by atoms with van der Waals surface area (Å²) in [6.07, 6.45) is 4.74. The van der Waals surface area contributed by atoms with Crippen LogP contribution in [0.1, 0.15) is 64.5 Å². The van der Waals surface area contributed by atoms with Crippen LogP contribution in [0, 0.1) is 13.8 Å². The van der Waals surface area contributed by atoms with Crippen molar-refractivity contribution >= 4 is 11.8 Å². The molecule has 0 bridgehead atoms. The van der Waals surface area contributed by atoms with E-state index in [1.54, 1.807) is 0 Å². The van der Waals surface area contributed by atoms with Gasteiger partial charge in [-0.05, 0) is 56.7 Å². The molecule has 0 fully saturated rings. The lowest BCUT2D eigenvalue weighted by molar-refractivity contribution is -0.145. The van der Waals surface area contributed by atoms with Gasteiger partial charge in [0, 0.05) is 12.0 Å². The minimum Gasteiger partial charge on any atom is -0.456 e. The van der Waals surface area contributed by atoms with Crippen LogP contribution in [0.2, 0.25) is 0 Å². The zero-order valence-corrected chi connectivity index (χ0v) is 14.8. The molecular formula is C20H23NO4. The number of benzene rings is 1. The van der Waals surface area contributed by atoms with Crippen molar-refractivity contribution in [2.45, 2.75) is 59.0 Å². The fourth-order valence-corrected chi connectivity index (χ4v) is 3.08. The van der Waals surface area contributed by atoms with Crippen molar-refractivity contribution in [2.75, 3.05) is 0 Å². The number of Topliss-reactive ketones (excluding diaryl/α,β-unsaturated/α-hetero) is 1. The van der Waals surface area contributed by atoms with Gasteiger partial charge >= 0.3 is 5.97 Å². The quantitative estimate of drug-likeness (QED) is 0.589. The number of ether oxygens (including phenoxy) is 1. The number of nitrogens with zero attached hydrogens (tertiary/aromatic N) is 1. The molecule has 0 saturated heterocycles. The number of oxazole rings is 1. The Balaban J connectivity index is 1.49. The Morgan fingerprint density at radius 1 is 1.12 bits per heavy atom. The van der Waals surface area contributed by atoms with Crippen LogP contribution < -0.4 is 0 Å². The predicted molar refractivity (Wildman–Crippen MR) is 92.4 cm³/mol. The summed E-state index contributed by atoms with van der Waals surface area (Å²) in [5, 5.41) is 0. The number of ketones is 1. The second-order valence-corrected chi connectivity index (χ2v) is 6.52. The molecule has 3 rings (SSSR count). The highest BCUT2D eigenvalue weighted by Crippen LogP contribution is 2.23. The van der Waals surface area contributed by atoms with Gasteiger partial charge in [0.2, 0.25) is 5.89 Å². The molecule has 1 heterocycles. The van der Waals surface area contributed by atoms with E-state index in [2.05, 4.69) is 4.98 Å². The molecule has 0 saturated carbocycles. The first-order valence-corrected chi connectivity index (χ1v) is 8.76. The molecule has 1 aliphatic carbocycles. The van der Waals surface area contributed by atoms with Crippen LogP contribution in [0.25, 0.3) is 0 Å². The molecule has 132 valence electrons. The number of rotatable bonds is 6. The van der Waals surface area contributed by atoms with E-state index in [1.807, 2.05) is 32.0 Å². The predicted octanol–water partition coefficient (Wildman–Crippen LogP) is 3.88. The first kappa shape index (κ1) is 17.4. The van der Waals surface area contributed by atoms with Gasteiger partial charge in [-0.2, -0.15) is 0 Å². The van der Waals surface area contributed by atoms with Crippen molar-refractivity contribution in [1.29, 1.82) is 0 Å². The third-order valence-electron chi connectivity index (χ3n) is 4.66. The number of aryl methyl sites for hydroxylation is 4. The minimum absolute atomic E-state index is 0.000545. The average molecular weight is 341 g/mol. The summed E-state index contributed by atoms with van der Waals surface area (Å²) in [6, 6.07) is 5.91. The number of carbonyl (C=O) groups excluding carboxylic acids is 2. The van der Waals surface area contributed by atoms with Crippen molar-refractivity contribution in [3.63, 3.8) is 0 Å². The van der Waals surface area contributed by atoms with Crippen molar-refractivity contribution < 1.29 is 18.7 Å². The van der Waals surface area contributed by atoms with Crippen LogP contribution >= 0.6 is 0 Å². The molecule has 1 aromatic carbocycles. The van der Waals surface area contributed by atoms with Crippen LogP contribution in [0.3, 0.4) is 0 Å². The highest BCUT2D eigenvalue weighted by Gasteiger charge is 2.15. The van der Waals surface area contributed by atoms with Gasteiger partial charge in [0.05, 0.1) is 12.1 Å². The van der Waals surface area contributed by atoms with Gasteiger partial charge in [-0.3, -0.25) is 9.59 Å². The summed E-state index contributed by atoms with van der Waals surface area (Å²) in [4.78, 5) is 28.3. The number of hydrogen-bond donors (Lipinski definition) is 0. The maximum Gasteiger partial charge on any atom is 0.306 e. The summed E-state index contributed by atoms with van der Waals surface area (Å²) in [5.41, 5.74) is 4.09. The standard InChI is InChI=1S/C20H23NO4/c1-13-14(2)25-19(21-13)12-24-20(23)10-9-18(22)17-8-7-15-5-3-4-6-16(15)11-17/h7-8,11H,3-6,9-10,12H2,1-2H3. The van der Waals surface area contributed by atoms with Gasteiger partial charge in [-0.25, -0.2) is 4.98 Å². The van der Waals surface area contributed by atoms with E-state index in [1.165, 1.54) is 24.0 Å². The van der Waals surface area contributed by atoms with Crippen LogP contribution in [0.4, 0.5) is 0 Å². The van der Waals surface area contributed by atoms with E-state index in [0.29, 0.717) is 17.2 Å². The summed E-state index contributed by atoms with van der Waals surface area (Å²) in [6.45, 7) is 3.65. The Labute approximate surface area is 147 Å². The molecule has 0 N–H and O–H groups in total. The normalized spacial score (nSPS) is 13.4. The zero-order chi connectivity index (χ0) is 17.8. The lowest BCUT2D eigenvalue weighted by atomic mass is 9.89. The molecule has 0 radical (unpaired) electrons. The lowest BCUT2D eigenvalue weighted by Gasteiger charge is -2.16. The summed E-state index contributed by atoms with van der Waals surface area (Å²) < 4.78 is 10.5. The Bertz CT molecular complexity index is 771. The van der Waals surface area contributed by atoms with Crippen LogP contribution in [-0.4, -0.2) is 16.7 Å². The Morgan fingerprint density at radius 3 is 2.60 bits per heavy atom. The van der Waals surface area contributed by atoms with Gasteiger partial charge in [0.1, 0.15) is 5.76 Å². The Kier molecular flexibility index (Phi) is 5.31. The molecule has 0 spiro atoms. The highest BCUT2D eigenvalue weighted by molar-refractivity contribution is 5.97. The zero-order valence-electron chi connectivity index (χ0n) is 14.8. The van der Waals surface area contributed by atoms with E-state index in [9.17, 15) is 9.59 Å². The van der Waals surface area contributed by atoms with Gasteiger partial charge in [0.25, 0.3) is 0 Å². The Morgan fingerprint density at radius 2 is 1.88 bits per heavy atom. The summed E-state index contributed by atoms with van der Waals surface area (Å²) >= 11 is 0. The van der Waals surface area contributed by atoms with E-state index >= 15 is 0 Å². The summed E-state index contributed by atoms with van der Waals surface area (Å²) in [5.74, 6) is 0.658. The largest absolute Gasteiger partial charge is 0.456 e. The van der Waals surface area contributed by atoms with Crippen molar-refractivity contribution in [3.8, 4) is 0 Å². The average Bonchev–Trinajstić information content (AvgIpc) is 2.95. The molecule has 5 heteroatoms. The maximum absolute atomic E-state index is 12.3. The molecule has 25 heavy (non-hydrogen) atoms. The molecule has 0 aliphatic heterocycles. The first-order valence-electron chi connectivity index (χ1n) is 8.76. The maximum atomic E-state index is 12.3. The highest BCUT2D eigenvalue weighted by atomic mass is 16.5. The smallest absolute Gasteiger partial charge is 0.306 e. The third kappa shape index (κ3) is 4.35. The minimum atomic E-state index is -0.417. The molecule has 0 unspecified atom stereocenters. The topological polar surface area (TPSA) is 69.4 Å². The van der Waals surface area contributed by atoms with Crippen LogP contribution in [-0.2, 0) is 29.0 Å². The van der Waals surface area contributed by atoms with Crippen LogP contribution in [0.5, 0.6) is 0 Å².